The molecule has 2 aliphatic rings. The van der Waals surface area contributed by atoms with Gasteiger partial charge in [-0.05, 0) is 90.5 Å². The molecule has 0 amide bonds. The average Bonchev–Trinajstić information content (AvgIpc) is 3.28. The van der Waals surface area contributed by atoms with E-state index in [-0.39, 0.29) is 21.3 Å². The summed E-state index contributed by atoms with van der Waals surface area (Å²) in [5.74, 6) is 0.743. The quantitative estimate of drug-likeness (QED) is 0.274. The second kappa shape index (κ2) is 8.27. The van der Waals surface area contributed by atoms with E-state index in [1.54, 1.807) is 0 Å². The van der Waals surface area contributed by atoms with E-state index < -0.39 is 16.6 Å². The van der Waals surface area contributed by atoms with E-state index in [9.17, 15) is 0 Å². The molecule has 1 saturated heterocycles. The molecule has 0 aromatic carbocycles. The molecule has 0 aromatic rings. The van der Waals surface area contributed by atoms with Crippen molar-refractivity contribution < 1.29 is 13.6 Å². The Morgan fingerprint density at radius 2 is 1.40 bits per heavy atom. The smallest absolute Gasteiger partial charge is 0.195 e. The zero-order valence-corrected chi connectivity index (χ0v) is 24.5. The molecular formula is C25H52O3Si2. The normalized spacial score (nSPS) is 28.1. The summed E-state index contributed by atoms with van der Waals surface area (Å²) < 4.78 is 20.0. The largest absolute Gasteiger partial charge is 0.412 e. The molecule has 1 heterocycles. The Kier molecular flexibility index (Phi) is 7.32. The molecule has 30 heavy (non-hydrogen) atoms. The van der Waals surface area contributed by atoms with Crippen LogP contribution in [0.5, 0.6) is 0 Å². The molecule has 0 bridgehead atoms. The fourth-order valence-corrected chi connectivity index (χ4v) is 12.1. The van der Waals surface area contributed by atoms with Crippen molar-refractivity contribution in [3.8, 4) is 0 Å². The lowest BCUT2D eigenvalue weighted by Crippen LogP contribution is -2.61. The first kappa shape index (κ1) is 26.6. The maximum atomic E-state index is 7.35. The Bertz CT molecular complexity index is 600. The van der Waals surface area contributed by atoms with Gasteiger partial charge in [0, 0.05) is 10.6 Å². The van der Waals surface area contributed by atoms with Gasteiger partial charge in [-0.15, -0.1) is 0 Å². The standard InChI is InChI=1S/C25H52O3Si2/c1-22(2,3)27-29(11,12)25(9,10)24(7,8)28-30(13,23(4,5)6)18-17-19-15-14-16-20-21(19)26-20/h19-21H,14-18H2,1-13H3. The van der Waals surface area contributed by atoms with Gasteiger partial charge in [-0.25, -0.2) is 0 Å². The maximum absolute atomic E-state index is 7.35. The van der Waals surface area contributed by atoms with Gasteiger partial charge in [0.1, 0.15) is 0 Å². The highest BCUT2D eigenvalue weighted by Gasteiger charge is 2.57. The van der Waals surface area contributed by atoms with Gasteiger partial charge in [0.15, 0.2) is 16.6 Å². The van der Waals surface area contributed by atoms with Crippen molar-refractivity contribution in [1.29, 1.82) is 0 Å². The lowest BCUT2D eigenvalue weighted by atomic mass is 9.87. The summed E-state index contributed by atoms with van der Waals surface area (Å²) in [5, 5.41) is 0.164. The van der Waals surface area contributed by atoms with Gasteiger partial charge in [-0.2, -0.15) is 0 Å². The second-order valence-electron chi connectivity index (χ2n) is 13.8. The van der Waals surface area contributed by atoms with E-state index in [1.165, 1.54) is 31.7 Å². The third-order valence-corrected chi connectivity index (χ3v) is 18.9. The predicted molar refractivity (Wildman–Crippen MR) is 134 cm³/mol. The number of ether oxygens (including phenoxy) is 1. The van der Waals surface area contributed by atoms with Crippen molar-refractivity contribution >= 4 is 16.6 Å². The molecule has 3 nitrogen and oxygen atoms in total. The Hall–Kier alpha value is 0.314. The summed E-state index contributed by atoms with van der Waals surface area (Å²) in [5.41, 5.74) is -0.372. The lowest BCUT2D eigenvalue weighted by Gasteiger charge is -2.56. The number of hydrogen-bond acceptors (Lipinski definition) is 3. The fraction of sp³-hybridized carbons (Fsp3) is 1.00. The number of rotatable bonds is 8. The molecule has 0 spiro atoms. The van der Waals surface area contributed by atoms with Crippen LogP contribution < -0.4 is 0 Å². The Morgan fingerprint density at radius 3 is 1.90 bits per heavy atom. The summed E-state index contributed by atoms with van der Waals surface area (Å²) >= 11 is 0. The van der Waals surface area contributed by atoms with Crippen molar-refractivity contribution in [1.82, 2.24) is 0 Å². The first-order valence-corrected chi connectivity index (χ1v) is 17.8. The van der Waals surface area contributed by atoms with Crippen LogP contribution in [-0.4, -0.2) is 40.0 Å². The minimum atomic E-state index is -2.04. The highest BCUT2D eigenvalue weighted by Crippen LogP contribution is 2.55. The van der Waals surface area contributed by atoms with Gasteiger partial charge >= 0.3 is 0 Å². The summed E-state index contributed by atoms with van der Waals surface area (Å²) in [4.78, 5) is 0. The van der Waals surface area contributed by atoms with Crippen LogP contribution in [0.3, 0.4) is 0 Å². The van der Waals surface area contributed by atoms with E-state index in [4.69, 9.17) is 13.6 Å². The van der Waals surface area contributed by atoms with Gasteiger partial charge < -0.3 is 13.6 Å². The third kappa shape index (κ3) is 5.62. The van der Waals surface area contributed by atoms with Crippen molar-refractivity contribution in [2.45, 2.75) is 154 Å². The van der Waals surface area contributed by atoms with Crippen LogP contribution in [0.15, 0.2) is 0 Å². The number of hydrogen-bond donors (Lipinski definition) is 0. The van der Waals surface area contributed by atoms with Gasteiger partial charge in [0.2, 0.25) is 0 Å². The van der Waals surface area contributed by atoms with Crippen molar-refractivity contribution in [3.05, 3.63) is 0 Å². The third-order valence-electron chi connectivity index (χ3n) is 8.78. The molecule has 1 aliphatic heterocycles. The molecule has 4 atom stereocenters. The van der Waals surface area contributed by atoms with E-state index in [0.717, 1.165) is 5.92 Å². The minimum Gasteiger partial charge on any atom is -0.412 e. The Labute approximate surface area is 190 Å². The van der Waals surface area contributed by atoms with E-state index in [0.29, 0.717) is 12.2 Å². The van der Waals surface area contributed by atoms with E-state index in [2.05, 4.69) is 88.9 Å². The molecule has 1 aliphatic carbocycles. The van der Waals surface area contributed by atoms with Crippen molar-refractivity contribution in [2.75, 3.05) is 0 Å². The molecule has 0 radical (unpaired) electrons. The van der Waals surface area contributed by atoms with Crippen LogP contribution in [0, 0.1) is 5.92 Å². The molecular weight excluding hydrogens is 404 g/mol. The van der Waals surface area contributed by atoms with E-state index >= 15 is 0 Å². The van der Waals surface area contributed by atoms with Gasteiger partial charge in [-0.3, -0.25) is 0 Å². The zero-order chi connectivity index (χ0) is 23.4. The minimum absolute atomic E-state index is 0.0255. The molecule has 1 saturated carbocycles. The second-order valence-corrected chi connectivity index (χ2v) is 23.0. The van der Waals surface area contributed by atoms with Crippen LogP contribution in [0.1, 0.15) is 94.9 Å². The summed E-state index contributed by atoms with van der Waals surface area (Å²) in [6.07, 6.45) is 6.33. The van der Waals surface area contributed by atoms with E-state index in [1.807, 2.05) is 0 Å². The first-order chi connectivity index (χ1) is 13.2. The lowest BCUT2D eigenvalue weighted by molar-refractivity contribution is 0.0247. The Morgan fingerprint density at radius 1 is 0.833 bits per heavy atom. The summed E-state index contributed by atoms with van der Waals surface area (Å²) in [6.45, 7) is 30.4. The molecule has 0 N–H and O–H groups in total. The van der Waals surface area contributed by atoms with Gasteiger partial charge in [-0.1, -0.05) is 41.0 Å². The number of epoxide rings is 1. The maximum Gasteiger partial charge on any atom is 0.195 e. The molecule has 4 unspecified atom stereocenters. The molecule has 2 fully saturated rings. The summed E-state index contributed by atoms with van der Waals surface area (Å²) in [7, 11) is -4.06. The first-order valence-electron chi connectivity index (χ1n) is 12.3. The van der Waals surface area contributed by atoms with Crippen LogP contribution in [0.25, 0.3) is 0 Å². The van der Waals surface area contributed by atoms with Crippen molar-refractivity contribution in [3.63, 3.8) is 0 Å². The fourth-order valence-electron chi connectivity index (χ4n) is 5.21. The van der Waals surface area contributed by atoms with Crippen LogP contribution in [0.2, 0.25) is 35.8 Å². The van der Waals surface area contributed by atoms with Crippen LogP contribution >= 0.6 is 0 Å². The molecule has 5 heteroatoms. The topological polar surface area (TPSA) is 31.0 Å². The van der Waals surface area contributed by atoms with Crippen LogP contribution in [-0.2, 0) is 13.6 Å². The van der Waals surface area contributed by atoms with Gasteiger partial charge in [0.05, 0.1) is 17.8 Å². The zero-order valence-electron chi connectivity index (χ0n) is 22.5. The van der Waals surface area contributed by atoms with Crippen LogP contribution in [0.4, 0.5) is 0 Å². The van der Waals surface area contributed by atoms with Crippen molar-refractivity contribution in [2.24, 2.45) is 5.92 Å². The molecule has 0 aromatic heterocycles. The molecule has 2 rings (SSSR count). The predicted octanol–water partition coefficient (Wildman–Crippen LogP) is 7.92. The monoisotopic (exact) mass is 456 g/mol. The van der Waals surface area contributed by atoms with Gasteiger partial charge in [0.25, 0.3) is 0 Å². The average molecular weight is 457 g/mol. The molecule has 178 valence electrons. The summed E-state index contributed by atoms with van der Waals surface area (Å²) in [6, 6.07) is 1.22. The SMILES string of the molecule is CC(C)(C)O[Si](C)(C)C(C)(C)C(C)(C)O[Si](C)(CCC1CCCC2OC12)C(C)(C)C. The Balaban J connectivity index is 2.20. The highest BCUT2D eigenvalue weighted by atomic mass is 28.4. The highest BCUT2D eigenvalue weighted by molar-refractivity contribution is 6.76. The number of fused-ring (bicyclic) bond motifs is 1.